The van der Waals surface area contributed by atoms with Crippen LogP contribution in [0.15, 0.2) is 24.3 Å². The summed E-state index contributed by atoms with van der Waals surface area (Å²) in [5.41, 5.74) is 7.03. The molecule has 0 saturated heterocycles. The van der Waals surface area contributed by atoms with Crippen LogP contribution in [0, 0.1) is 5.92 Å². The number of rotatable bonds is 8. The van der Waals surface area contributed by atoms with Crippen LogP contribution in [0.3, 0.4) is 0 Å². The van der Waals surface area contributed by atoms with E-state index in [2.05, 4.69) is 17.6 Å². The molecule has 116 valence electrons. The molecule has 2 amide bonds. The van der Waals surface area contributed by atoms with Crippen molar-refractivity contribution in [2.75, 3.05) is 18.9 Å². The third-order valence-corrected chi connectivity index (χ3v) is 3.44. The van der Waals surface area contributed by atoms with Gasteiger partial charge in [0.15, 0.2) is 0 Å². The third kappa shape index (κ3) is 6.40. The highest BCUT2D eigenvalue weighted by atomic mass is 16.2. The van der Waals surface area contributed by atoms with Crippen LogP contribution in [0.1, 0.15) is 31.7 Å². The average Bonchev–Trinajstić information content (AvgIpc) is 2.47. The largest absolute Gasteiger partial charge is 0.359 e. The van der Waals surface area contributed by atoms with Gasteiger partial charge in [-0.25, -0.2) is 0 Å². The number of anilines is 1. The van der Waals surface area contributed by atoms with Crippen molar-refractivity contribution in [1.29, 1.82) is 0 Å². The van der Waals surface area contributed by atoms with E-state index in [-0.39, 0.29) is 18.2 Å². The lowest BCUT2D eigenvalue weighted by Crippen LogP contribution is -2.21. The summed E-state index contributed by atoms with van der Waals surface area (Å²) in [5.74, 6) is 0.346. The van der Waals surface area contributed by atoms with E-state index in [1.807, 2.05) is 24.3 Å². The van der Waals surface area contributed by atoms with E-state index >= 15 is 0 Å². The van der Waals surface area contributed by atoms with Crippen LogP contribution in [-0.2, 0) is 16.0 Å². The molecule has 1 atom stereocenters. The lowest BCUT2D eigenvalue weighted by atomic mass is 10.0. The highest BCUT2D eigenvalue weighted by Gasteiger charge is 2.10. The molecule has 0 aliphatic carbocycles. The quantitative estimate of drug-likeness (QED) is 0.681. The van der Waals surface area contributed by atoms with Crippen molar-refractivity contribution in [3.8, 4) is 0 Å². The molecule has 0 bridgehead atoms. The maximum atomic E-state index is 12.0. The number of nitrogens with two attached hydrogens (primary N) is 1. The molecule has 0 spiro atoms. The molecule has 4 N–H and O–H groups in total. The fourth-order valence-corrected chi connectivity index (χ4v) is 2.08. The van der Waals surface area contributed by atoms with Crippen molar-refractivity contribution < 1.29 is 9.59 Å². The van der Waals surface area contributed by atoms with Gasteiger partial charge < -0.3 is 16.4 Å². The SMILES string of the molecule is CNC(=O)Cc1ccccc1NC(=O)CCC(C)CCN. The molecule has 1 rings (SSSR count). The van der Waals surface area contributed by atoms with Gasteiger partial charge in [-0.05, 0) is 36.9 Å². The van der Waals surface area contributed by atoms with Crippen LogP contribution in [0.2, 0.25) is 0 Å². The first kappa shape index (κ1) is 17.2. The standard InChI is InChI=1S/C16H25N3O2/c1-12(9-10-17)7-8-15(20)19-14-6-4-3-5-13(14)11-16(21)18-2/h3-6,12H,7-11,17H2,1-2H3,(H,18,21)(H,19,20). The number of amides is 2. The first-order valence-electron chi connectivity index (χ1n) is 7.35. The molecular formula is C16H25N3O2. The van der Waals surface area contributed by atoms with Crippen LogP contribution < -0.4 is 16.4 Å². The first-order valence-corrected chi connectivity index (χ1v) is 7.35. The second kappa shape index (κ2) is 9.13. The molecule has 0 radical (unpaired) electrons. The van der Waals surface area contributed by atoms with E-state index in [1.54, 1.807) is 7.05 Å². The van der Waals surface area contributed by atoms with Gasteiger partial charge in [0.05, 0.1) is 6.42 Å². The van der Waals surface area contributed by atoms with Gasteiger partial charge in [0, 0.05) is 19.2 Å². The van der Waals surface area contributed by atoms with Crippen molar-refractivity contribution in [3.05, 3.63) is 29.8 Å². The van der Waals surface area contributed by atoms with E-state index < -0.39 is 0 Å². The van der Waals surface area contributed by atoms with Crippen molar-refractivity contribution in [2.24, 2.45) is 11.7 Å². The summed E-state index contributed by atoms with van der Waals surface area (Å²) in [6, 6.07) is 7.37. The van der Waals surface area contributed by atoms with Crippen LogP contribution >= 0.6 is 0 Å². The van der Waals surface area contributed by atoms with Crippen molar-refractivity contribution in [1.82, 2.24) is 5.32 Å². The van der Waals surface area contributed by atoms with Crippen molar-refractivity contribution in [2.45, 2.75) is 32.6 Å². The molecular weight excluding hydrogens is 266 g/mol. The Morgan fingerprint density at radius 2 is 1.90 bits per heavy atom. The summed E-state index contributed by atoms with van der Waals surface area (Å²) in [5, 5.41) is 5.47. The molecule has 0 aromatic heterocycles. The Labute approximate surface area is 126 Å². The molecule has 0 heterocycles. The van der Waals surface area contributed by atoms with Crippen LogP contribution in [-0.4, -0.2) is 25.4 Å². The molecule has 1 aromatic rings. The summed E-state index contributed by atoms with van der Waals surface area (Å²) in [4.78, 5) is 23.5. The maximum absolute atomic E-state index is 12.0. The molecule has 5 heteroatoms. The number of likely N-dealkylation sites (N-methyl/N-ethyl adjacent to an activating group) is 1. The van der Waals surface area contributed by atoms with E-state index in [1.165, 1.54) is 0 Å². The summed E-state index contributed by atoms with van der Waals surface area (Å²) in [6.45, 7) is 2.75. The van der Waals surface area contributed by atoms with Gasteiger partial charge in [-0.3, -0.25) is 9.59 Å². The normalized spacial score (nSPS) is 11.8. The zero-order valence-electron chi connectivity index (χ0n) is 12.8. The van der Waals surface area contributed by atoms with Crippen LogP contribution in [0.25, 0.3) is 0 Å². The zero-order valence-corrected chi connectivity index (χ0v) is 12.8. The fraction of sp³-hybridized carbons (Fsp3) is 0.500. The lowest BCUT2D eigenvalue weighted by molar-refractivity contribution is -0.120. The van der Waals surface area contributed by atoms with Gasteiger partial charge in [-0.15, -0.1) is 0 Å². The molecule has 0 aliphatic heterocycles. The van der Waals surface area contributed by atoms with Crippen LogP contribution in [0.5, 0.6) is 0 Å². The summed E-state index contributed by atoms with van der Waals surface area (Å²) in [6.07, 6.45) is 2.48. The Balaban J connectivity index is 2.57. The van der Waals surface area contributed by atoms with E-state index in [4.69, 9.17) is 5.73 Å². The predicted octanol–water partition coefficient (Wildman–Crippen LogP) is 1.68. The molecule has 0 saturated carbocycles. The minimum Gasteiger partial charge on any atom is -0.359 e. The van der Waals surface area contributed by atoms with Gasteiger partial charge in [-0.2, -0.15) is 0 Å². The highest BCUT2D eigenvalue weighted by Crippen LogP contribution is 2.17. The number of carbonyl (C=O) groups excluding carboxylic acids is 2. The number of benzene rings is 1. The summed E-state index contributed by atoms with van der Waals surface area (Å²) < 4.78 is 0. The molecule has 21 heavy (non-hydrogen) atoms. The van der Waals surface area contributed by atoms with E-state index in [0.29, 0.717) is 24.6 Å². The van der Waals surface area contributed by atoms with Crippen molar-refractivity contribution >= 4 is 17.5 Å². The maximum Gasteiger partial charge on any atom is 0.224 e. The van der Waals surface area contributed by atoms with Gasteiger partial charge >= 0.3 is 0 Å². The monoisotopic (exact) mass is 291 g/mol. The minimum absolute atomic E-state index is 0.0248. The van der Waals surface area contributed by atoms with Gasteiger partial charge in [0.1, 0.15) is 0 Å². The number of hydrogen-bond donors (Lipinski definition) is 3. The van der Waals surface area contributed by atoms with Crippen molar-refractivity contribution in [3.63, 3.8) is 0 Å². The van der Waals surface area contributed by atoms with Gasteiger partial charge in [-0.1, -0.05) is 25.1 Å². The molecule has 5 nitrogen and oxygen atoms in total. The lowest BCUT2D eigenvalue weighted by Gasteiger charge is -2.12. The van der Waals surface area contributed by atoms with E-state index in [9.17, 15) is 9.59 Å². The zero-order chi connectivity index (χ0) is 15.7. The number of para-hydroxylation sites is 1. The molecule has 1 aromatic carbocycles. The fourth-order valence-electron chi connectivity index (χ4n) is 2.08. The Hall–Kier alpha value is -1.88. The number of hydrogen-bond acceptors (Lipinski definition) is 3. The van der Waals surface area contributed by atoms with Gasteiger partial charge in [0.2, 0.25) is 11.8 Å². The molecule has 0 aliphatic rings. The topological polar surface area (TPSA) is 84.2 Å². The number of nitrogens with one attached hydrogen (secondary N) is 2. The summed E-state index contributed by atoms with van der Waals surface area (Å²) >= 11 is 0. The second-order valence-electron chi connectivity index (χ2n) is 5.28. The smallest absolute Gasteiger partial charge is 0.224 e. The third-order valence-electron chi connectivity index (χ3n) is 3.44. The minimum atomic E-state index is -0.0757. The number of carbonyl (C=O) groups is 2. The molecule has 1 unspecified atom stereocenters. The van der Waals surface area contributed by atoms with Gasteiger partial charge in [0.25, 0.3) is 0 Å². The van der Waals surface area contributed by atoms with E-state index in [0.717, 1.165) is 18.4 Å². The Kier molecular flexibility index (Phi) is 7.46. The highest BCUT2D eigenvalue weighted by molar-refractivity contribution is 5.92. The molecule has 0 fully saturated rings. The first-order chi connectivity index (χ1) is 10.1. The Morgan fingerprint density at radius 3 is 2.57 bits per heavy atom. The second-order valence-corrected chi connectivity index (χ2v) is 5.28. The average molecular weight is 291 g/mol. The van der Waals surface area contributed by atoms with Crippen LogP contribution in [0.4, 0.5) is 5.69 Å². The predicted molar refractivity (Wildman–Crippen MR) is 84.9 cm³/mol. The summed E-state index contributed by atoms with van der Waals surface area (Å²) in [7, 11) is 1.60. The Morgan fingerprint density at radius 1 is 1.19 bits per heavy atom. The Bertz CT molecular complexity index is 474.